The first kappa shape index (κ1) is 24.2. The molecular formula is C30H22ClFN4OS. The van der Waals surface area contributed by atoms with Gasteiger partial charge >= 0.3 is 0 Å². The Kier molecular flexibility index (Phi) is 6.54. The van der Waals surface area contributed by atoms with Crippen LogP contribution in [0.15, 0.2) is 116 Å². The van der Waals surface area contributed by atoms with Crippen molar-refractivity contribution in [1.82, 2.24) is 14.9 Å². The maximum atomic E-state index is 13.9. The lowest BCUT2D eigenvalue weighted by atomic mass is 10.0. The van der Waals surface area contributed by atoms with Gasteiger partial charge in [0, 0.05) is 29.5 Å². The fraction of sp³-hybridized carbons (Fsp3) is 0.0667. The molecule has 2 unspecified atom stereocenters. The zero-order valence-electron chi connectivity index (χ0n) is 20.0. The third kappa shape index (κ3) is 4.62. The van der Waals surface area contributed by atoms with Crippen LogP contribution in [0.25, 0.3) is 5.69 Å². The summed E-state index contributed by atoms with van der Waals surface area (Å²) in [7, 11) is 0. The number of thiocarbonyl (C=S) groups is 1. The van der Waals surface area contributed by atoms with Crippen LogP contribution in [0.2, 0.25) is 5.02 Å². The van der Waals surface area contributed by atoms with Gasteiger partial charge in [-0.1, -0.05) is 35.9 Å². The van der Waals surface area contributed by atoms with E-state index in [0.717, 1.165) is 34.3 Å². The number of para-hydroxylation sites is 1. The Morgan fingerprint density at radius 1 is 0.842 bits per heavy atom. The molecule has 0 saturated carbocycles. The van der Waals surface area contributed by atoms with Crippen LogP contribution < -0.4 is 15.0 Å². The number of pyridine rings is 1. The Bertz CT molecular complexity index is 1580. The fourth-order valence-corrected chi connectivity index (χ4v) is 5.26. The summed E-state index contributed by atoms with van der Waals surface area (Å²) >= 11 is 12.0. The molecule has 2 aromatic heterocycles. The van der Waals surface area contributed by atoms with Crippen LogP contribution in [-0.2, 0) is 0 Å². The Morgan fingerprint density at radius 3 is 2.32 bits per heavy atom. The van der Waals surface area contributed by atoms with Crippen molar-refractivity contribution in [3.8, 4) is 17.2 Å². The molecule has 0 aliphatic carbocycles. The molecule has 1 fully saturated rings. The summed E-state index contributed by atoms with van der Waals surface area (Å²) in [5.41, 5.74) is 3.45. The second-order valence-electron chi connectivity index (χ2n) is 8.81. The van der Waals surface area contributed by atoms with E-state index in [9.17, 15) is 4.39 Å². The van der Waals surface area contributed by atoms with Crippen LogP contribution in [0.4, 0.5) is 10.1 Å². The first-order chi connectivity index (χ1) is 18.6. The predicted octanol–water partition coefficient (Wildman–Crippen LogP) is 7.63. The number of halogens is 2. The van der Waals surface area contributed by atoms with Crippen LogP contribution in [-0.4, -0.2) is 14.7 Å². The van der Waals surface area contributed by atoms with E-state index in [1.807, 2.05) is 95.7 Å². The highest BCUT2D eigenvalue weighted by atomic mass is 35.5. The van der Waals surface area contributed by atoms with Crippen molar-refractivity contribution in [1.29, 1.82) is 0 Å². The van der Waals surface area contributed by atoms with Crippen molar-refractivity contribution in [2.45, 2.75) is 12.1 Å². The Balaban J connectivity index is 1.41. The van der Waals surface area contributed by atoms with E-state index in [2.05, 4.69) is 15.2 Å². The number of ether oxygens (including phenoxy) is 1. The van der Waals surface area contributed by atoms with E-state index in [1.54, 1.807) is 18.3 Å². The number of hydrogen-bond acceptors (Lipinski definition) is 3. The van der Waals surface area contributed by atoms with Crippen LogP contribution in [0.5, 0.6) is 11.5 Å². The molecule has 1 saturated heterocycles. The Morgan fingerprint density at radius 2 is 1.58 bits per heavy atom. The lowest BCUT2D eigenvalue weighted by molar-refractivity contribution is 0.482. The number of hydrogen-bond donors (Lipinski definition) is 1. The maximum absolute atomic E-state index is 13.9. The second-order valence-corrected chi connectivity index (χ2v) is 9.60. The predicted molar refractivity (Wildman–Crippen MR) is 152 cm³/mol. The molecule has 5 nitrogen and oxygen atoms in total. The maximum Gasteiger partial charge on any atom is 0.174 e. The Labute approximate surface area is 230 Å². The Hall–Kier alpha value is -4.20. The molecule has 0 spiro atoms. The minimum atomic E-state index is -0.460. The second kappa shape index (κ2) is 10.3. The molecule has 38 heavy (non-hydrogen) atoms. The van der Waals surface area contributed by atoms with Crippen molar-refractivity contribution in [3.05, 3.63) is 138 Å². The number of anilines is 1. The molecule has 0 amide bonds. The average molecular weight is 541 g/mol. The van der Waals surface area contributed by atoms with Gasteiger partial charge in [0.1, 0.15) is 23.4 Å². The van der Waals surface area contributed by atoms with Gasteiger partial charge in [0.2, 0.25) is 0 Å². The minimum Gasteiger partial charge on any atom is -0.457 e. The number of rotatable bonds is 6. The molecule has 188 valence electrons. The first-order valence-electron chi connectivity index (χ1n) is 12.0. The van der Waals surface area contributed by atoms with Crippen LogP contribution in [0.1, 0.15) is 23.5 Å². The summed E-state index contributed by atoms with van der Waals surface area (Å²) in [6.45, 7) is 0. The zero-order valence-corrected chi connectivity index (χ0v) is 21.6. The van der Waals surface area contributed by atoms with Gasteiger partial charge in [0.15, 0.2) is 5.11 Å². The molecule has 3 aromatic carbocycles. The quantitative estimate of drug-likeness (QED) is 0.224. The standard InChI is InChI=1S/C30H22ClFN4OS/c31-24-19-21(13-16-25(24)32)35-18-6-10-27(35)29-28(26-9-4-5-17-33-26)34-30(38)36(29)20-11-14-23(15-12-20)37-22-7-2-1-3-8-22/h1-19,28-29H,(H,34,38). The van der Waals surface area contributed by atoms with Gasteiger partial charge in [0.25, 0.3) is 0 Å². The average Bonchev–Trinajstić information content (AvgIpc) is 3.56. The number of nitrogens with one attached hydrogen (secondary N) is 1. The van der Waals surface area contributed by atoms with Gasteiger partial charge in [-0.3, -0.25) is 4.98 Å². The van der Waals surface area contributed by atoms with E-state index in [4.69, 9.17) is 28.6 Å². The molecule has 3 heterocycles. The fourth-order valence-electron chi connectivity index (χ4n) is 4.74. The van der Waals surface area contributed by atoms with Crippen LogP contribution in [0.3, 0.4) is 0 Å². The molecule has 0 radical (unpaired) electrons. The van der Waals surface area contributed by atoms with Crippen molar-refractivity contribution >= 4 is 34.6 Å². The summed E-state index contributed by atoms with van der Waals surface area (Å²) in [6.07, 6.45) is 3.71. The van der Waals surface area contributed by atoms with Crippen LogP contribution in [0, 0.1) is 5.82 Å². The molecule has 2 atom stereocenters. The van der Waals surface area contributed by atoms with Gasteiger partial charge in [-0.2, -0.15) is 0 Å². The van der Waals surface area contributed by atoms with E-state index in [-0.39, 0.29) is 17.1 Å². The topological polar surface area (TPSA) is 42.3 Å². The van der Waals surface area contributed by atoms with E-state index >= 15 is 0 Å². The highest BCUT2D eigenvalue weighted by Crippen LogP contribution is 2.42. The van der Waals surface area contributed by atoms with Crippen molar-refractivity contribution in [3.63, 3.8) is 0 Å². The van der Waals surface area contributed by atoms with E-state index in [0.29, 0.717) is 5.11 Å². The van der Waals surface area contributed by atoms with Crippen LogP contribution >= 0.6 is 23.8 Å². The highest BCUT2D eigenvalue weighted by molar-refractivity contribution is 7.80. The third-order valence-electron chi connectivity index (χ3n) is 6.46. The van der Waals surface area contributed by atoms with Gasteiger partial charge < -0.3 is 19.5 Å². The van der Waals surface area contributed by atoms with Gasteiger partial charge in [0.05, 0.1) is 16.8 Å². The highest BCUT2D eigenvalue weighted by Gasteiger charge is 2.42. The van der Waals surface area contributed by atoms with E-state index in [1.165, 1.54) is 6.07 Å². The van der Waals surface area contributed by atoms with Gasteiger partial charge in [-0.25, -0.2) is 4.39 Å². The summed E-state index contributed by atoms with van der Waals surface area (Å²) < 4.78 is 21.9. The van der Waals surface area contributed by atoms with Gasteiger partial charge in [-0.05, 0) is 91.1 Å². The SMILES string of the molecule is Fc1ccc(-n2cccc2C2C(c3ccccn3)NC(=S)N2c2ccc(Oc3ccccc3)cc2)cc1Cl. The zero-order chi connectivity index (χ0) is 26.1. The molecule has 1 aliphatic rings. The molecule has 0 bridgehead atoms. The van der Waals surface area contributed by atoms with Gasteiger partial charge in [-0.15, -0.1) is 0 Å². The lowest BCUT2D eigenvalue weighted by Gasteiger charge is -2.29. The first-order valence-corrected chi connectivity index (χ1v) is 12.8. The van der Waals surface area contributed by atoms with Crippen molar-refractivity contribution in [2.75, 3.05) is 4.90 Å². The molecule has 1 N–H and O–H groups in total. The smallest absolute Gasteiger partial charge is 0.174 e. The molecular weight excluding hydrogens is 519 g/mol. The molecule has 5 aromatic rings. The molecule has 1 aliphatic heterocycles. The summed E-state index contributed by atoms with van der Waals surface area (Å²) in [4.78, 5) is 6.71. The number of nitrogens with zero attached hydrogens (tertiary/aromatic N) is 3. The summed E-state index contributed by atoms with van der Waals surface area (Å²) in [5, 5.41) is 4.12. The van der Waals surface area contributed by atoms with Crippen molar-refractivity contribution in [2.24, 2.45) is 0 Å². The molecule has 6 rings (SSSR count). The summed E-state index contributed by atoms with van der Waals surface area (Å²) in [5.74, 6) is 1.03. The lowest BCUT2D eigenvalue weighted by Crippen LogP contribution is -2.30. The number of aromatic nitrogens is 2. The molecule has 8 heteroatoms. The van der Waals surface area contributed by atoms with E-state index < -0.39 is 5.82 Å². The minimum absolute atomic E-state index is 0.0642. The normalized spacial score (nSPS) is 16.9. The number of benzene rings is 3. The third-order valence-corrected chi connectivity index (χ3v) is 7.06. The summed E-state index contributed by atoms with van der Waals surface area (Å²) in [6, 6.07) is 31.5. The van der Waals surface area contributed by atoms with Crippen molar-refractivity contribution < 1.29 is 9.13 Å². The largest absolute Gasteiger partial charge is 0.457 e. The monoisotopic (exact) mass is 540 g/mol.